The molecule has 1 saturated heterocycles. The number of benzene rings is 1. The van der Waals surface area contributed by atoms with Crippen molar-refractivity contribution in [2.24, 2.45) is 11.7 Å². The molecule has 1 aliphatic rings. The van der Waals surface area contributed by atoms with Crippen LogP contribution < -0.4 is 21.1 Å². The molecule has 2 atom stereocenters. The lowest BCUT2D eigenvalue weighted by Crippen LogP contribution is -2.39. The fraction of sp³-hybridized carbons (Fsp3) is 0.429. The molecule has 1 aromatic carbocycles. The van der Waals surface area contributed by atoms with Crippen molar-refractivity contribution < 1.29 is 14.3 Å². The molecule has 1 heterocycles. The second-order valence-corrected chi connectivity index (χ2v) is 4.97. The fourth-order valence-electron chi connectivity index (χ4n) is 2.22. The van der Waals surface area contributed by atoms with Crippen molar-refractivity contribution in [1.82, 2.24) is 5.32 Å². The van der Waals surface area contributed by atoms with E-state index in [0.29, 0.717) is 17.4 Å². The number of hydrogen-bond donors (Lipinski definition) is 3. The van der Waals surface area contributed by atoms with E-state index >= 15 is 0 Å². The quantitative estimate of drug-likeness (QED) is 0.730. The number of amides is 2. The molecule has 6 nitrogen and oxygen atoms in total. The zero-order chi connectivity index (χ0) is 14.5. The Morgan fingerprint density at radius 1 is 1.50 bits per heavy atom. The van der Waals surface area contributed by atoms with E-state index in [-0.39, 0.29) is 18.6 Å². The first-order valence-corrected chi connectivity index (χ1v) is 6.61. The fourth-order valence-corrected chi connectivity index (χ4v) is 2.22. The lowest BCUT2D eigenvalue weighted by atomic mass is 10.0. The van der Waals surface area contributed by atoms with Gasteiger partial charge in [-0.1, -0.05) is 13.0 Å². The molecule has 2 unspecified atom stereocenters. The van der Waals surface area contributed by atoms with E-state index in [1.807, 2.05) is 0 Å². The molecule has 0 aliphatic carbocycles. The van der Waals surface area contributed by atoms with E-state index in [1.54, 1.807) is 24.3 Å². The first-order chi connectivity index (χ1) is 9.56. The molecule has 6 heteroatoms. The van der Waals surface area contributed by atoms with Crippen molar-refractivity contribution >= 4 is 17.5 Å². The van der Waals surface area contributed by atoms with Crippen LogP contribution in [0.5, 0.6) is 5.75 Å². The lowest BCUT2D eigenvalue weighted by molar-refractivity contribution is -0.120. The first-order valence-electron chi connectivity index (χ1n) is 6.61. The van der Waals surface area contributed by atoms with Gasteiger partial charge in [-0.25, -0.2) is 0 Å². The van der Waals surface area contributed by atoms with Crippen LogP contribution in [-0.2, 0) is 9.59 Å². The van der Waals surface area contributed by atoms with E-state index in [0.717, 1.165) is 13.0 Å². The van der Waals surface area contributed by atoms with Crippen LogP contribution in [-0.4, -0.2) is 31.0 Å². The van der Waals surface area contributed by atoms with E-state index < -0.39 is 5.91 Å². The summed E-state index contributed by atoms with van der Waals surface area (Å²) in [7, 11) is 0. The second-order valence-electron chi connectivity index (χ2n) is 4.97. The van der Waals surface area contributed by atoms with Gasteiger partial charge in [-0.15, -0.1) is 0 Å². The number of primary amides is 1. The minimum Gasteiger partial charge on any atom is -0.484 e. The third kappa shape index (κ3) is 3.71. The molecule has 1 fully saturated rings. The van der Waals surface area contributed by atoms with Crippen LogP contribution >= 0.6 is 0 Å². The zero-order valence-electron chi connectivity index (χ0n) is 11.4. The number of carbonyl (C=O) groups excluding carboxylic acids is 2. The highest BCUT2D eigenvalue weighted by atomic mass is 16.5. The maximum absolute atomic E-state index is 12.1. The van der Waals surface area contributed by atoms with Gasteiger partial charge in [-0.3, -0.25) is 9.59 Å². The zero-order valence-corrected chi connectivity index (χ0v) is 11.4. The SMILES string of the molecule is CC1CCNC1C(=O)Nc1cccc(OCC(N)=O)c1. The van der Waals surface area contributed by atoms with Crippen molar-refractivity contribution in [2.45, 2.75) is 19.4 Å². The average Bonchev–Trinajstić information content (AvgIpc) is 2.83. The molecular formula is C14H19N3O3. The number of carbonyl (C=O) groups is 2. The summed E-state index contributed by atoms with van der Waals surface area (Å²) in [6.45, 7) is 2.73. The topological polar surface area (TPSA) is 93.4 Å². The number of nitrogens with one attached hydrogen (secondary N) is 2. The molecule has 1 aromatic rings. The predicted molar refractivity (Wildman–Crippen MR) is 75.3 cm³/mol. The molecule has 0 aromatic heterocycles. The third-order valence-electron chi connectivity index (χ3n) is 3.30. The summed E-state index contributed by atoms with van der Waals surface area (Å²) in [5, 5.41) is 6.02. The van der Waals surface area contributed by atoms with Crippen LogP contribution in [0.3, 0.4) is 0 Å². The summed E-state index contributed by atoms with van der Waals surface area (Å²) in [6, 6.07) is 6.73. The van der Waals surface area contributed by atoms with Gasteiger partial charge in [-0.2, -0.15) is 0 Å². The Morgan fingerprint density at radius 2 is 2.30 bits per heavy atom. The Hall–Kier alpha value is -2.08. The normalized spacial score (nSPS) is 21.4. The Kier molecular flexibility index (Phi) is 4.57. The number of rotatable bonds is 5. The predicted octanol–water partition coefficient (Wildman–Crippen LogP) is 0.487. The van der Waals surface area contributed by atoms with Crippen molar-refractivity contribution in [2.75, 3.05) is 18.5 Å². The Bertz CT molecular complexity index is 504. The van der Waals surface area contributed by atoms with Crippen LogP contribution in [0.15, 0.2) is 24.3 Å². The highest BCUT2D eigenvalue weighted by molar-refractivity contribution is 5.95. The Labute approximate surface area is 117 Å². The largest absolute Gasteiger partial charge is 0.484 e. The van der Waals surface area contributed by atoms with Gasteiger partial charge >= 0.3 is 0 Å². The second kappa shape index (κ2) is 6.38. The minimum atomic E-state index is -0.539. The third-order valence-corrected chi connectivity index (χ3v) is 3.30. The molecule has 1 aliphatic heterocycles. The maximum atomic E-state index is 12.1. The van der Waals surface area contributed by atoms with Gasteiger partial charge in [-0.05, 0) is 31.0 Å². The molecule has 0 bridgehead atoms. The van der Waals surface area contributed by atoms with Gasteiger partial charge in [0.1, 0.15) is 5.75 Å². The van der Waals surface area contributed by atoms with Crippen LogP contribution in [0.4, 0.5) is 5.69 Å². The maximum Gasteiger partial charge on any atom is 0.255 e. The van der Waals surface area contributed by atoms with Crippen LogP contribution in [0.2, 0.25) is 0 Å². The standard InChI is InChI=1S/C14H19N3O3/c1-9-5-6-16-13(9)14(19)17-10-3-2-4-11(7-10)20-8-12(15)18/h2-4,7,9,13,16H,5-6,8H2,1H3,(H2,15,18)(H,17,19). The van der Waals surface area contributed by atoms with E-state index in [9.17, 15) is 9.59 Å². The van der Waals surface area contributed by atoms with Crippen molar-refractivity contribution in [3.8, 4) is 5.75 Å². The number of ether oxygens (including phenoxy) is 1. The van der Waals surface area contributed by atoms with Gasteiger partial charge in [0, 0.05) is 11.8 Å². The van der Waals surface area contributed by atoms with E-state index in [4.69, 9.17) is 10.5 Å². The van der Waals surface area contributed by atoms with Gasteiger partial charge in [0.05, 0.1) is 6.04 Å². The summed E-state index contributed by atoms with van der Waals surface area (Å²) in [4.78, 5) is 22.8. The van der Waals surface area contributed by atoms with Crippen LogP contribution in [0.25, 0.3) is 0 Å². The highest BCUT2D eigenvalue weighted by Crippen LogP contribution is 2.20. The van der Waals surface area contributed by atoms with Crippen molar-refractivity contribution in [1.29, 1.82) is 0 Å². The van der Waals surface area contributed by atoms with Crippen LogP contribution in [0.1, 0.15) is 13.3 Å². The van der Waals surface area contributed by atoms with Crippen molar-refractivity contribution in [3.05, 3.63) is 24.3 Å². The van der Waals surface area contributed by atoms with Crippen molar-refractivity contribution in [3.63, 3.8) is 0 Å². The number of hydrogen-bond acceptors (Lipinski definition) is 4. The van der Waals surface area contributed by atoms with Gasteiger partial charge in [0.2, 0.25) is 5.91 Å². The molecule has 0 radical (unpaired) electrons. The molecular weight excluding hydrogens is 258 g/mol. The van der Waals surface area contributed by atoms with E-state index in [1.165, 1.54) is 0 Å². The monoisotopic (exact) mass is 277 g/mol. The summed E-state index contributed by atoms with van der Waals surface area (Å²) in [5.41, 5.74) is 5.65. The van der Waals surface area contributed by atoms with Gasteiger partial charge < -0.3 is 21.1 Å². The average molecular weight is 277 g/mol. The molecule has 0 saturated carbocycles. The summed E-state index contributed by atoms with van der Waals surface area (Å²) in [5.74, 6) is 0.226. The smallest absolute Gasteiger partial charge is 0.255 e. The summed E-state index contributed by atoms with van der Waals surface area (Å²) >= 11 is 0. The first kappa shape index (κ1) is 14.3. The Morgan fingerprint density at radius 3 is 2.95 bits per heavy atom. The number of nitrogens with two attached hydrogens (primary N) is 1. The lowest BCUT2D eigenvalue weighted by Gasteiger charge is -2.15. The molecule has 0 spiro atoms. The summed E-state index contributed by atoms with van der Waals surface area (Å²) < 4.78 is 5.19. The van der Waals surface area contributed by atoms with Gasteiger partial charge in [0.25, 0.3) is 5.91 Å². The molecule has 2 amide bonds. The number of anilines is 1. The van der Waals surface area contributed by atoms with Crippen LogP contribution in [0, 0.1) is 5.92 Å². The van der Waals surface area contributed by atoms with Gasteiger partial charge in [0.15, 0.2) is 6.61 Å². The molecule has 20 heavy (non-hydrogen) atoms. The van der Waals surface area contributed by atoms with E-state index in [2.05, 4.69) is 17.6 Å². The Balaban J connectivity index is 1.96. The molecule has 108 valence electrons. The molecule has 4 N–H and O–H groups in total. The summed E-state index contributed by atoms with van der Waals surface area (Å²) in [6.07, 6.45) is 1.000. The molecule has 2 rings (SSSR count). The highest BCUT2D eigenvalue weighted by Gasteiger charge is 2.29. The minimum absolute atomic E-state index is 0.0537.